The molecule has 0 saturated carbocycles. The lowest BCUT2D eigenvalue weighted by atomic mass is 10.0. The summed E-state index contributed by atoms with van der Waals surface area (Å²) in [6.07, 6.45) is 2.47. The number of aryl methyl sites for hydroxylation is 1. The second kappa shape index (κ2) is 7.25. The summed E-state index contributed by atoms with van der Waals surface area (Å²) in [6.45, 7) is 3.92. The van der Waals surface area contributed by atoms with E-state index < -0.39 is 5.97 Å². The molecule has 0 radical (unpaired) electrons. The van der Waals surface area contributed by atoms with Crippen molar-refractivity contribution in [2.45, 2.75) is 13.8 Å². The minimum absolute atomic E-state index is 0.180. The fourth-order valence-corrected chi connectivity index (χ4v) is 1.88. The van der Waals surface area contributed by atoms with Gasteiger partial charge in [0.25, 0.3) is 5.91 Å². The number of hydrogen-bond acceptors (Lipinski definition) is 3. The lowest BCUT2D eigenvalue weighted by molar-refractivity contribution is -0.131. The Morgan fingerprint density at radius 1 is 1.48 bits per heavy atom. The average molecular weight is 286 g/mol. The van der Waals surface area contributed by atoms with Crippen molar-refractivity contribution in [2.24, 2.45) is 5.92 Å². The van der Waals surface area contributed by atoms with Crippen LogP contribution in [0.5, 0.6) is 0 Å². The standard InChI is InChI=1S/C16H18N2O3/c1-11(9-17)10-18(3)16(21)14-8-13(5-4-12(14)2)6-7-15(19)20/h4-8,11H,10H2,1-3H3,(H,19,20). The van der Waals surface area contributed by atoms with Crippen LogP contribution >= 0.6 is 0 Å². The molecule has 1 amide bonds. The Morgan fingerprint density at radius 2 is 2.14 bits per heavy atom. The molecule has 21 heavy (non-hydrogen) atoms. The van der Waals surface area contributed by atoms with Crippen LogP contribution in [0.4, 0.5) is 0 Å². The van der Waals surface area contributed by atoms with E-state index in [0.717, 1.165) is 11.6 Å². The van der Waals surface area contributed by atoms with Gasteiger partial charge in [0.1, 0.15) is 0 Å². The first kappa shape index (κ1) is 16.4. The number of amides is 1. The van der Waals surface area contributed by atoms with Crippen molar-refractivity contribution >= 4 is 18.0 Å². The Hall–Kier alpha value is -2.61. The zero-order valence-corrected chi connectivity index (χ0v) is 12.3. The summed E-state index contributed by atoms with van der Waals surface area (Å²) < 4.78 is 0. The van der Waals surface area contributed by atoms with E-state index in [1.54, 1.807) is 32.2 Å². The van der Waals surface area contributed by atoms with Gasteiger partial charge in [0, 0.05) is 25.2 Å². The third-order valence-electron chi connectivity index (χ3n) is 3.03. The molecule has 1 unspecified atom stereocenters. The number of carbonyl (C=O) groups excluding carboxylic acids is 1. The molecule has 1 rings (SSSR count). The molecule has 5 heteroatoms. The summed E-state index contributed by atoms with van der Waals surface area (Å²) in [4.78, 5) is 24.4. The molecule has 0 aliphatic heterocycles. The van der Waals surface area contributed by atoms with Crippen LogP contribution in [0.15, 0.2) is 24.3 Å². The zero-order valence-electron chi connectivity index (χ0n) is 12.3. The van der Waals surface area contributed by atoms with E-state index in [9.17, 15) is 9.59 Å². The molecule has 0 fully saturated rings. The topological polar surface area (TPSA) is 81.4 Å². The van der Waals surface area contributed by atoms with Crippen molar-refractivity contribution < 1.29 is 14.7 Å². The van der Waals surface area contributed by atoms with E-state index in [4.69, 9.17) is 10.4 Å². The van der Waals surface area contributed by atoms with Crippen molar-refractivity contribution in [3.05, 3.63) is 41.0 Å². The number of carboxylic acids is 1. The number of hydrogen-bond donors (Lipinski definition) is 1. The predicted molar refractivity (Wildman–Crippen MR) is 79.6 cm³/mol. The van der Waals surface area contributed by atoms with Crippen LogP contribution in [-0.2, 0) is 4.79 Å². The quantitative estimate of drug-likeness (QED) is 0.842. The van der Waals surface area contributed by atoms with E-state index in [1.807, 2.05) is 6.92 Å². The summed E-state index contributed by atoms with van der Waals surface area (Å²) in [5.74, 6) is -1.46. The molecule has 0 bridgehead atoms. The van der Waals surface area contributed by atoms with Crippen molar-refractivity contribution in [1.29, 1.82) is 5.26 Å². The lowest BCUT2D eigenvalue weighted by Crippen LogP contribution is -2.31. The fraction of sp³-hybridized carbons (Fsp3) is 0.312. The minimum atomic E-state index is -1.04. The summed E-state index contributed by atoms with van der Waals surface area (Å²) in [5, 5.41) is 17.4. The third-order valence-corrected chi connectivity index (χ3v) is 3.03. The maximum Gasteiger partial charge on any atom is 0.328 e. The van der Waals surface area contributed by atoms with Gasteiger partial charge < -0.3 is 10.0 Å². The summed E-state index contributed by atoms with van der Waals surface area (Å²) in [7, 11) is 1.65. The Bertz CT molecular complexity index is 614. The summed E-state index contributed by atoms with van der Waals surface area (Å²) >= 11 is 0. The minimum Gasteiger partial charge on any atom is -0.478 e. The second-order valence-corrected chi connectivity index (χ2v) is 4.96. The molecule has 1 aromatic carbocycles. The number of benzene rings is 1. The van der Waals surface area contributed by atoms with Gasteiger partial charge >= 0.3 is 5.97 Å². The van der Waals surface area contributed by atoms with Crippen LogP contribution < -0.4 is 0 Å². The van der Waals surface area contributed by atoms with Gasteiger partial charge in [-0.05, 0) is 37.1 Å². The van der Waals surface area contributed by atoms with E-state index in [2.05, 4.69) is 6.07 Å². The molecular formula is C16H18N2O3. The number of nitriles is 1. The molecule has 0 aromatic heterocycles. The van der Waals surface area contributed by atoms with Gasteiger partial charge in [-0.25, -0.2) is 4.79 Å². The highest BCUT2D eigenvalue weighted by Gasteiger charge is 2.16. The Kier molecular flexibility index (Phi) is 5.67. The van der Waals surface area contributed by atoms with Crippen molar-refractivity contribution in [1.82, 2.24) is 4.90 Å². The maximum atomic E-state index is 12.4. The molecule has 0 heterocycles. The second-order valence-electron chi connectivity index (χ2n) is 4.96. The highest BCUT2D eigenvalue weighted by molar-refractivity contribution is 5.96. The largest absolute Gasteiger partial charge is 0.478 e. The molecule has 0 aliphatic carbocycles. The van der Waals surface area contributed by atoms with Gasteiger partial charge in [0.05, 0.1) is 12.0 Å². The smallest absolute Gasteiger partial charge is 0.328 e. The summed E-state index contributed by atoms with van der Waals surface area (Å²) in [6, 6.07) is 7.28. The number of carboxylic acid groups (broad SMARTS) is 1. The van der Waals surface area contributed by atoms with Gasteiger partial charge in [-0.3, -0.25) is 4.79 Å². The molecular weight excluding hydrogens is 268 g/mol. The van der Waals surface area contributed by atoms with E-state index in [-0.39, 0.29) is 11.8 Å². The van der Waals surface area contributed by atoms with Crippen LogP contribution in [0.1, 0.15) is 28.4 Å². The monoisotopic (exact) mass is 286 g/mol. The number of aliphatic carboxylic acids is 1. The van der Waals surface area contributed by atoms with Crippen LogP contribution in [0.3, 0.4) is 0 Å². The van der Waals surface area contributed by atoms with E-state index in [0.29, 0.717) is 17.7 Å². The Labute approximate surface area is 124 Å². The number of rotatable bonds is 5. The molecule has 1 aromatic rings. The first-order valence-corrected chi connectivity index (χ1v) is 6.52. The SMILES string of the molecule is Cc1ccc(C=CC(=O)O)cc1C(=O)N(C)CC(C)C#N. The molecule has 5 nitrogen and oxygen atoms in total. The molecule has 0 aliphatic rings. The molecule has 0 saturated heterocycles. The lowest BCUT2D eigenvalue weighted by Gasteiger charge is -2.19. The maximum absolute atomic E-state index is 12.4. The van der Waals surface area contributed by atoms with Gasteiger partial charge in [0.2, 0.25) is 0 Å². The Morgan fingerprint density at radius 3 is 2.71 bits per heavy atom. The van der Waals surface area contributed by atoms with Gasteiger partial charge in [-0.2, -0.15) is 5.26 Å². The van der Waals surface area contributed by atoms with E-state index in [1.165, 1.54) is 11.0 Å². The van der Waals surface area contributed by atoms with Gasteiger partial charge in [-0.15, -0.1) is 0 Å². The average Bonchev–Trinajstić information content (AvgIpc) is 2.45. The highest BCUT2D eigenvalue weighted by atomic mass is 16.4. The number of carbonyl (C=O) groups is 2. The molecule has 110 valence electrons. The fourth-order valence-electron chi connectivity index (χ4n) is 1.88. The van der Waals surface area contributed by atoms with Gasteiger partial charge in [-0.1, -0.05) is 12.1 Å². The molecule has 1 N–H and O–H groups in total. The molecule has 0 spiro atoms. The van der Waals surface area contributed by atoms with Crippen molar-refractivity contribution in [2.75, 3.05) is 13.6 Å². The van der Waals surface area contributed by atoms with Crippen LogP contribution in [-0.4, -0.2) is 35.5 Å². The van der Waals surface area contributed by atoms with E-state index >= 15 is 0 Å². The van der Waals surface area contributed by atoms with Crippen molar-refractivity contribution in [3.8, 4) is 6.07 Å². The van der Waals surface area contributed by atoms with Crippen LogP contribution in [0, 0.1) is 24.2 Å². The van der Waals surface area contributed by atoms with Crippen molar-refractivity contribution in [3.63, 3.8) is 0 Å². The normalized spacial score (nSPS) is 11.9. The predicted octanol–water partition coefficient (Wildman–Crippen LogP) is 2.32. The number of nitrogens with zero attached hydrogens (tertiary/aromatic N) is 2. The first-order valence-electron chi connectivity index (χ1n) is 6.52. The highest BCUT2D eigenvalue weighted by Crippen LogP contribution is 2.15. The zero-order chi connectivity index (χ0) is 16.0. The Balaban J connectivity index is 3.01. The third kappa shape index (κ3) is 4.77. The van der Waals surface area contributed by atoms with Gasteiger partial charge in [0.15, 0.2) is 0 Å². The summed E-state index contributed by atoms with van der Waals surface area (Å²) in [5.41, 5.74) is 1.96. The molecule has 1 atom stereocenters. The van der Waals surface area contributed by atoms with Crippen LogP contribution in [0.2, 0.25) is 0 Å². The van der Waals surface area contributed by atoms with Crippen LogP contribution in [0.25, 0.3) is 6.08 Å². The first-order chi connectivity index (χ1) is 9.85.